The fourth-order valence-corrected chi connectivity index (χ4v) is 8.07. The molecule has 0 radical (unpaired) electrons. The van der Waals surface area contributed by atoms with Gasteiger partial charge in [0.05, 0.1) is 25.2 Å². The molecule has 3 aliphatic rings. The summed E-state index contributed by atoms with van der Waals surface area (Å²) in [6.45, 7) is 6.23. The molecule has 0 unspecified atom stereocenters. The highest BCUT2D eigenvalue weighted by Gasteiger charge is 2.31. The molecule has 0 N–H and O–H groups in total. The van der Waals surface area contributed by atoms with Crippen molar-refractivity contribution in [2.24, 2.45) is 11.8 Å². The summed E-state index contributed by atoms with van der Waals surface area (Å²) in [7, 11) is 1.74. The number of thiazole rings is 1. The number of benzene rings is 2. The second-order valence-corrected chi connectivity index (χ2v) is 13.4. The second kappa shape index (κ2) is 13.6. The highest BCUT2D eigenvalue weighted by Crippen LogP contribution is 2.39. The molecule has 0 spiro atoms. The van der Waals surface area contributed by atoms with Gasteiger partial charge in [-0.15, -0.1) is 0 Å². The third kappa shape index (κ3) is 6.68. The Hall–Kier alpha value is -2.90. The molecular weight excluding hydrogens is 542 g/mol. The van der Waals surface area contributed by atoms with Crippen LogP contribution in [0.5, 0.6) is 5.75 Å². The average Bonchev–Trinajstić information content (AvgIpc) is 3.55. The molecule has 0 atom stereocenters. The van der Waals surface area contributed by atoms with Crippen molar-refractivity contribution in [2.45, 2.75) is 70.6 Å². The van der Waals surface area contributed by atoms with Crippen molar-refractivity contribution in [3.05, 3.63) is 59.8 Å². The molecule has 2 saturated carbocycles. The number of morpholine rings is 1. The minimum absolute atomic E-state index is 0.150. The third-order valence-electron chi connectivity index (χ3n) is 9.62. The monoisotopic (exact) mass is 587 g/mol. The van der Waals surface area contributed by atoms with Gasteiger partial charge in [-0.3, -0.25) is 4.79 Å². The minimum Gasteiger partial charge on any atom is -0.496 e. The number of carbonyl (C=O) groups excluding carboxylic acids is 1. The first-order valence-corrected chi connectivity index (χ1v) is 16.8. The van der Waals surface area contributed by atoms with E-state index < -0.39 is 0 Å². The van der Waals surface area contributed by atoms with Crippen molar-refractivity contribution < 1.29 is 14.3 Å². The molecule has 1 aliphatic heterocycles. The van der Waals surface area contributed by atoms with E-state index >= 15 is 0 Å². The molecule has 2 heterocycles. The first-order valence-electron chi connectivity index (χ1n) is 15.9. The van der Waals surface area contributed by atoms with Gasteiger partial charge >= 0.3 is 0 Å². The lowest BCUT2D eigenvalue weighted by atomic mass is 9.78. The Bertz CT molecular complexity index is 1340. The number of anilines is 2. The Balaban J connectivity index is 1.18. The maximum atomic E-state index is 14.1. The Morgan fingerprint density at radius 2 is 1.81 bits per heavy atom. The van der Waals surface area contributed by atoms with Crippen LogP contribution < -0.4 is 14.5 Å². The van der Waals surface area contributed by atoms with Crippen LogP contribution in [0.4, 0.5) is 10.8 Å². The van der Waals surface area contributed by atoms with E-state index in [1.807, 2.05) is 6.20 Å². The van der Waals surface area contributed by atoms with Crippen LogP contribution in [0.25, 0.3) is 10.4 Å². The van der Waals surface area contributed by atoms with Gasteiger partial charge in [0.2, 0.25) is 5.91 Å². The lowest BCUT2D eigenvalue weighted by molar-refractivity contribution is -0.123. The summed E-state index contributed by atoms with van der Waals surface area (Å²) in [4.78, 5) is 24.5. The SMILES string of the molecule is COc1ccc(C2CCC(CN(C(=O)C3CCCCC3)c3cccc(-c4cnc(N5CCOCC5)s4)c3)CC2)cc1C. The fraction of sp³-hybridized carbons (Fsp3) is 0.543. The van der Waals surface area contributed by atoms with Crippen molar-refractivity contribution in [3.8, 4) is 16.2 Å². The van der Waals surface area contributed by atoms with Crippen LogP contribution in [0, 0.1) is 18.8 Å². The van der Waals surface area contributed by atoms with E-state index in [9.17, 15) is 4.79 Å². The maximum Gasteiger partial charge on any atom is 0.230 e. The van der Waals surface area contributed by atoms with E-state index in [0.717, 1.165) is 85.5 Å². The van der Waals surface area contributed by atoms with E-state index in [-0.39, 0.29) is 5.92 Å². The second-order valence-electron chi connectivity index (χ2n) is 12.4. The predicted molar refractivity (Wildman–Crippen MR) is 172 cm³/mol. The molecule has 1 amide bonds. The molecule has 3 fully saturated rings. The number of amides is 1. The lowest BCUT2D eigenvalue weighted by Gasteiger charge is -2.35. The van der Waals surface area contributed by atoms with Gasteiger partial charge in [-0.05, 0) is 92.2 Å². The van der Waals surface area contributed by atoms with Gasteiger partial charge in [-0.25, -0.2) is 4.98 Å². The van der Waals surface area contributed by atoms with Gasteiger partial charge < -0.3 is 19.3 Å². The first kappa shape index (κ1) is 29.2. The van der Waals surface area contributed by atoms with Crippen molar-refractivity contribution in [1.82, 2.24) is 4.98 Å². The molecule has 2 aliphatic carbocycles. The highest BCUT2D eigenvalue weighted by atomic mass is 32.1. The van der Waals surface area contributed by atoms with Crippen LogP contribution in [0.1, 0.15) is 74.8 Å². The van der Waals surface area contributed by atoms with Crippen LogP contribution in [-0.2, 0) is 9.53 Å². The number of nitrogens with zero attached hydrogens (tertiary/aromatic N) is 3. The van der Waals surface area contributed by atoms with Crippen LogP contribution in [-0.4, -0.2) is 50.8 Å². The van der Waals surface area contributed by atoms with Gasteiger partial charge in [0, 0.05) is 37.4 Å². The van der Waals surface area contributed by atoms with Crippen LogP contribution in [0.15, 0.2) is 48.7 Å². The molecular formula is C35H45N3O3S. The van der Waals surface area contributed by atoms with Crippen molar-refractivity contribution in [2.75, 3.05) is 49.8 Å². The smallest absolute Gasteiger partial charge is 0.230 e. The summed E-state index contributed by atoms with van der Waals surface area (Å²) in [5.74, 6) is 2.55. The molecule has 1 aromatic heterocycles. The lowest BCUT2D eigenvalue weighted by Crippen LogP contribution is -2.41. The van der Waals surface area contributed by atoms with Crippen molar-refractivity contribution in [1.29, 1.82) is 0 Å². The highest BCUT2D eigenvalue weighted by molar-refractivity contribution is 7.18. The molecule has 224 valence electrons. The van der Waals surface area contributed by atoms with E-state index in [0.29, 0.717) is 17.7 Å². The average molecular weight is 588 g/mol. The number of hydrogen-bond donors (Lipinski definition) is 0. The molecule has 7 heteroatoms. The zero-order chi connectivity index (χ0) is 28.9. The first-order chi connectivity index (χ1) is 20.6. The summed E-state index contributed by atoms with van der Waals surface area (Å²) in [5, 5.41) is 1.05. The number of hydrogen-bond acceptors (Lipinski definition) is 6. The van der Waals surface area contributed by atoms with Gasteiger partial charge in [0.1, 0.15) is 5.75 Å². The molecule has 42 heavy (non-hydrogen) atoms. The number of aromatic nitrogens is 1. The third-order valence-corrected chi connectivity index (χ3v) is 10.7. The van der Waals surface area contributed by atoms with Crippen LogP contribution in [0.3, 0.4) is 0 Å². The normalized spacial score (nSPS) is 21.7. The predicted octanol–water partition coefficient (Wildman–Crippen LogP) is 7.85. The Kier molecular flexibility index (Phi) is 9.45. The number of ether oxygens (including phenoxy) is 2. The largest absolute Gasteiger partial charge is 0.496 e. The standard InChI is InChI=1S/C35H45N3O3S/c1-25-21-29(15-16-32(25)40-2)27-13-11-26(12-14-27)24-38(34(39)28-7-4-3-5-8-28)31-10-6-9-30(22-31)33-23-36-35(42-33)37-17-19-41-20-18-37/h6,9-10,15-16,21-23,26-28H,3-5,7-8,11-14,17-20,24H2,1-2H3. The molecule has 6 rings (SSSR count). The van der Waals surface area contributed by atoms with E-state index in [1.54, 1.807) is 18.4 Å². The van der Waals surface area contributed by atoms with Gasteiger partial charge in [-0.1, -0.05) is 54.9 Å². The van der Waals surface area contributed by atoms with E-state index in [2.05, 4.69) is 59.2 Å². The molecule has 3 aromatic rings. The molecule has 6 nitrogen and oxygen atoms in total. The van der Waals surface area contributed by atoms with E-state index in [1.165, 1.54) is 43.2 Å². The maximum absolute atomic E-state index is 14.1. The number of rotatable bonds is 8. The zero-order valence-electron chi connectivity index (χ0n) is 25.2. The summed E-state index contributed by atoms with van der Waals surface area (Å²) in [6.07, 6.45) is 12.3. The fourth-order valence-electron chi connectivity index (χ4n) is 7.11. The summed E-state index contributed by atoms with van der Waals surface area (Å²) < 4.78 is 11.0. The summed E-state index contributed by atoms with van der Waals surface area (Å²) >= 11 is 1.73. The zero-order valence-corrected chi connectivity index (χ0v) is 26.0. The van der Waals surface area contributed by atoms with Crippen LogP contribution >= 0.6 is 11.3 Å². The van der Waals surface area contributed by atoms with Crippen molar-refractivity contribution in [3.63, 3.8) is 0 Å². The quantitative estimate of drug-likeness (QED) is 0.269. The Morgan fingerprint density at radius 1 is 1.02 bits per heavy atom. The van der Waals surface area contributed by atoms with Gasteiger partial charge in [0.25, 0.3) is 0 Å². The molecule has 1 saturated heterocycles. The molecule has 0 bridgehead atoms. The Labute approximate surface area is 255 Å². The van der Waals surface area contributed by atoms with Crippen LogP contribution in [0.2, 0.25) is 0 Å². The molecule has 2 aromatic carbocycles. The topological polar surface area (TPSA) is 54.9 Å². The Morgan fingerprint density at radius 3 is 2.55 bits per heavy atom. The van der Waals surface area contributed by atoms with E-state index in [4.69, 9.17) is 14.5 Å². The van der Waals surface area contributed by atoms with Crippen molar-refractivity contribution >= 4 is 28.1 Å². The van der Waals surface area contributed by atoms with Gasteiger partial charge in [0.15, 0.2) is 5.13 Å². The number of methoxy groups -OCH3 is 1. The summed E-state index contributed by atoms with van der Waals surface area (Å²) in [6, 6.07) is 15.3. The minimum atomic E-state index is 0.150. The van der Waals surface area contributed by atoms with Gasteiger partial charge in [-0.2, -0.15) is 0 Å². The number of aryl methyl sites for hydroxylation is 1. The number of carbonyl (C=O) groups is 1. The summed E-state index contributed by atoms with van der Waals surface area (Å²) in [5.41, 5.74) is 4.82.